The lowest BCUT2D eigenvalue weighted by Crippen LogP contribution is -2.27. The zero-order valence-corrected chi connectivity index (χ0v) is 23.5. The molecular weight excluding hydrogens is 584 g/mol. The predicted octanol–water partition coefficient (Wildman–Crippen LogP) is 7.17. The van der Waals surface area contributed by atoms with Crippen LogP contribution < -0.4 is 5.56 Å². The topological polar surface area (TPSA) is 109 Å². The average molecular weight is 607 g/mol. The second kappa shape index (κ2) is 10.6. The molecule has 0 saturated heterocycles. The van der Waals surface area contributed by atoms with Crippen molar-refractivity contribution in [2.45, 2.75) is 19.4 Å². The number of fused-ring (bicyclic) bond motifs is 1. The summed E-state index contributed by atoms with van der Waals surface area (Å²) < 4.78 is 0.847. The fourth-order valence-corrected chi connectivity index (χ4v) is 5.70. The first kappa shape index (κ1) is 26.3. The number of amides is 1. The Bertz CT molecular complexity index is 1930. The molecule has 1 amide bonds. The van der Waals surface area contributed by atoms with Gasteiger partial charge in [0.05, 0.1) is 22.2 Å². The normalized spacial score (nSPS) is 14.7. The van der Waals surface area contributed by atoms with Gasteiger partial charge in [-0.1, -0.05) is 76.6 Å². The molecule has 4 aromatic carbocycles. The number of nitro benzene ring substituents is 1. The molecule has 202 valence electrons. The van der Waals surface area contributed by atoms with E-state index in [4.69, 9.17) is 5.10 Å². The van der Waals surface area contributed by atoms with Crippen molar-refractivity contribution < 1.29 is 9.72 Å². The van der Waals surface area contributed by atoms with Gasteiger partial charge in [-0.3, -0.25) is 19.7 Å². The van der Waals surface area contributed by atoms with Crippen LogP contribution in [0.25, 0.3) is 22.0 Å². The molecule has 1 atom stereocenters. The summed E-state index contributed by atoms with van der Waals surface area (Å²) in [5.74, 6) is -0.351. The lowest BCUT2D eigenvalue weighted by Gasteiger charge is -2.22. The number of non-ortho nitro benzene ring substituents is 1. The number of nitrogens with zero attached hydrogens (tertiary/aromatic N) is 3. The van der Waals surface area contributed by atoms with Gasteiger partial charge in [-0.2, -0.15) is 5.10 Å². The largest absolute Gasteiger partial charge is 0.321 e. The number of hydrogen-bond donors (Lipinski definition) is 1. The lowest BCUT2D eigenvalue weighted by molar-refractivity contribution is -0.384. The minimum absolute atomic E-state index is 0.0855. The van der Waals surface area contributed by atoms with Crippen LogP contribution in [0.5, 0.6) is 0 Å². The second-order valence-electron chi connectivity index (χ2n) is 9.84. The van der Waals surface area contributed by atoms with Gasteiger partial charge >= 0.3 is 0 Å². The number of hydrazone groups is 1. The number of nitrogens with one attached hydrogen (secondary N) is 1. The van der Waals surface area contributed by atoms with Gasteiger partial charge in [0, 0.05) is 45.1 Å². The van der Waals surface area contributed by atoms with Crippen molar-refractivity contribution in [2.75, 3.05) is 0 Å². The highest BCUT2D eigenvalue weighted by atomic mass is 79.9. The molecule has 0 unspecified atom stereocenters. The standard InChI is InChI=1S/C32H23BrN4O4/c1-19-8-5-6-13-24(19)32(39)36-28(21-11-7-12-23(16-21)37(40)41)18-27(35-36)30-29(20-9-3-2-4-10-20)25-17-22(33)14-15-26(25)34-31(30)38/h2-17,28H,18H2,1H3,(H,34,38)/t28-/m0/s1. The van der Waals surface area contributed by atoms with E-state index in [2.05, 4.69) is 20.9 Å². The Morgan fingerprint density at radius 3 is 2.49 bits per heavy atom. The molecule has 2 heterocycles. The summed E-state index contributed by atoms with van der Waals surface area (Å²) in [4.78, 5) is 41.8. The van der Waals surface area contributed by atoms with Crippen molar-refractivity contribution in [1.82, 2.24) is 9.99 Å². The van der Waals surface area contributed by atoms with Crippen LogP contribution in [0.2, 0.25) is 0 Å². The molecule has 1 N–H and O–H groups in total. The van der Waals surface area contributed by atoms with Crippen LogP contribution in [0.1, 0.15) is 39.5 Å². The molecule has 6 rings (SSSR count). The van der Waals surface area contributed by atoms with Gasteiger partial charge in [0.25, 0.3) is 17.2 Å². The Morgan fingerprint density at radius 1 is 0.976 bits per heavy atom. The zero-order valence-electron chi connectivity index (χ0n) is 21.9. The molecular formula is C32H23BrN4O4. The van der Waals surface area contributed by atoms with E-state index < -0.39 is 11.0 Å². The summed E-state index contributed by atoms with van der Waals surface area (Å²) in [5, 5.41) is 18.5. The summed E-state index contributed by atoms with van der Waals surface area (Å²) in [6.07, 6.45) is 0.196. The average Bonchev–Trinajstić information content (AvgIpc) is 3.42. The van der Waals surface area contributed by atoms with Crippen LogP contribution in [-0.4, -0.2) is 26.5 Å². The maximum Gasteiger partial charge on any atom is 0.274 e. The summed E-state index contributed by atoms with van der Waals surface area (Å²) in [7, 11) is 0. The van der Waals surface area contributed by atoms with Gasteiger partial charge in [-0.15, -0.1) is 0 Å². The third-order valence-electron chi connectivity index (χ3n) is 7.29. The number of aromatic nitrogens is 1. The zero-order chi connectivity index (χ0) is 28.7. The van der Waals surface area contributed by atoms with Crippen molar-refractivity contribution in [3.05, 3.63) is 144 Å². The summed E-state index contributed by atoms with van der Waals surface area (Å²) >= 11 is 3.56. The Balaban J connectivity index is 1.58. The Kier molecular flexibility index (Phi) is 6.80. The van der Waals surface area contributed by atoms with E-state index in [1.807, 2.05) is 67.6 Å². The van der Waals surface area contributed by atoms with Crippen LogP contribution in [0.3, 0.4) is 0 Å². The molecule has 0 spiro atoms. The molecule has 9 heteroatoms. The first-order valence-corrected chi connectivity index (χ1v) is 13.7. The van der Waals surface area contributed by atoms with E-state index in [1.54, 1.807) is 24.3 Å². The maximum atomic E-state index is 13.9. The quantitative estimate of drug-likeness (QED) is 0.169. The van der Waals surface area contributed by atoms with Crippen LogP contribution in [0, 0.1) is 17.0 Å². The number of aryl methyl sites for hydroxylation is 1. The van der Waals surface area contributed by atoms with E-state index in [0.29, 0.717) is 33.5 Å². The SMILES string of the molecule is Cc1ccccc1C(=O)N1N=C(c2c(-c3ccccc3)c3cc(Br)ccc3[nH]c2=O)C[C@H]1c1cccc([N+](=O)[O-])c1. The molecule has 1 aliphatic rings. The van der Waals surface area contributed by atoms with Crippen molar-refractivity contribution >= 4 is 44.1 Å². The number of aromatic amines is 1. The van der Waals surface area contributed by atoms with Crippen molar-refractivity contribution in [3.63, 3.8) is 0 Å². The molecule has 41 heavy (non-hydrogen) atoms. The summed E-state index contributed by atoms with van der Waals surface area (Å²) in [6.45, 7) is 1.84. The fourth-order valence-electron chi connectivity index (χ4n) is 5.34. The van der Waals surface area contributed by atoms with E-state index in [-0.39, 0.29) is 23.6 Å². The highest BCUT2D eigenvalue weighted by molar-refractivity contribution is 9.10. The Morgan fingerprint density at radius 2 is 1.73 bits per heavy atom. The molecule has 0 saturated carbocycles. The van der Waals surface area contributed by atoms with Crippen LogP contribution in [0.4, 0.5) is 5.69 Å². The monoisotopic (exact) mass is 606 g/mol. The highest BCUT2D eigenvalue weighted by Crippen LogP contribution is 2.39. The number of carbonyl (C=O) groups excluding carboxylic acids is 1. The van der Waals surface area contributed by atoms with Crippen LogP contribution >= 0.6 is 15.9 Å². The van der Waals surface area contributed by atoms with E-state index >= 15 is 0 Å². The number of benzene rings is 4. The first-order valence-electron chi connectivity index (χ1n) is 12.9. The predicted molar refractivity (Wildman–Crippen MR) is 162 cm³/mol. The number of H-pyrrole nitrogens is 1. The number of rotatable bonds is 5. The van der Waals surface area contributed by atoms with Gasteiger partial charge in [-0.05, 0) is 47.9 Å². The minimum atomic E-state index is -0.654. The van der Waals surface area contributed by atoms with E-state index in [0.717, 1.165) is 21.0 Å². The Labute approximate surface area is 243 Å². The Hall–Kier alpha value is -4.89. The molecule has 0 radical (unpaired) electrons. The fraction of sp³-hybridized carbons (Fsp3) is 0.0938. The lowest BCUT2D eigenvalue weighted by atomic mass is 9.91. The molecule has 0 aliphatic carbocycles. The second-order valence-corrected chi connectivity index (χ2v) is 10.8. The molecule has 1 aliphatic heterocycles. The van der Waals surface area contributed by atoms with E-state index in [9.17, 15) is 19.7 Å². The number of nitro groups is 1. The van der Waals surface area contributed by atoms with Gasteiger partial charge in [0.1, 0.15) is 0 Å². The molecule has 1 aromatic heterocycles. The molecule has 5 aromatic rings. The van der Waals surface area contributed by atoms with Gasteiger partial charge in [0.2, 0.25) is 0 Å². The highest BCUT2D eigenvalue weighted by Gasteiger charge is 2.36. The smallest absolute Gasteiger partial charge is 0.274 e. The van der Waals surface area contributed by atoms with Gasteiger partial charge in [0.15, 0.2) is 0 Å². The van der Waals surface area contributed by atoms with E-state index in [1.165, 1.54) is 17.1 Å². The molecule has 0 fully saturated rings. The molecule has 0 bridgehead atoms. The van der Waals surface area contributed by atoms with Crippen molar-refractivity contribution in [2.24, 2.45) is 5.10 Å². The van der Waals surface area contributed by atoms with Crippen LogP contribution in [-0.2, 0) is 0 Å². The number of halogens is 1. The van der Waals surface area contributed by atoms with Crippen molar-refractivity contribution in [3.8, 4) is 11.1 Å². The van der Waals surface area contributed by atoms with Gasteiger partial charge in [-0.25, -0.2) is 5.01 Å². The van der Waals surface area contributed by atoms with Crippen molar-refractivity contribution in [1.29, 1.82) is 0 Å². The molecule has 8 nitrogen and oxygen atoms in total. The number of carbonyl (C=O) groups is 1. The third-order valence-corrected chi connectivity index (χ3v) is 7.78. The van der Waals surface area contributed by atoms with Gasteiger partial charge < -0.3 is 4.98 Å². The summed E-state index contributed by atoms with van der Waals surface area (Å²) in [6, 6.07) is 28.0. The minimum Gasteiger partial charge on any atom is -0.321 e. The number of pyridine rings is 1. The maximum absolute atomic E-state index is 13.9. The first-order chi connectivity index (χ1) is 19.8. The summed E-state index contributed by atoms with van der Waals surface area (Å²) in [5.41, 5.74) is 4.36. The third kappa shape index (κ3) is 4.85. The van der Waals surface area contributed by atoms with Crippen LogP contribution in [0.15, 0.2) is 111 Å². The number of hydrogen-bond acceptors (Lipinski definition) is 5.